The van der Waals surface area contributed by atoms with Crippen LogP contribution in [-0.4, -0.2) is 17.4 Å². The fourth-order valence-corrected chi connectivity index (χ4v) is 4.12. The van der Waals surface area contributed by atoms with Gasteiger partial charge in [-0.3, -0.25) is 4.79 Å². The van der Waals surface area contributed by atoms with Gasteiger partial charge in [-0.1, -0.05) is 18.6 Å². The highest BCUT2D eigenvalue weighted by Crippen LogP contribution is 2.32. The summed E-state index contributed by atoms with van der Waals surface area (Å²) in [5.41, 5.74) is 6.35. The summed E-state index contributed by atoms with van der Waals surface area (Å²) in [5, 5.41) is 5.34. The van der Waals surface area contributed by atoms with Crippen molar-refractivity contribution in [2.75, 3.05) is 6.54 Å². The number of hydrogen-bond donors (Lipinski definition) is 2. The number of nitrogens with two attached hydrogens (primary N) is 1. The average molecular weight is 383 g/mol. The normalized spacial score (nSPS) is 20.3. The Hall–Kier alpha value is -1.93. The lowest BCUT2D eigenvalue weighted by Gasteiger charge is -2.16. The third-order valence-corrected chi connectivity index (χ3v) is 5.69. The van der Waals surface area contributed by atoms with Crippen molar-refractivity contribution in [2.45, 2.75) is 32.0 Å². The number of nitrogens with zero attached hydrogens (tertiary/aromatic N) is 1. The first-order valence-electron chi connectivity index (χ1n) is 8.48. The van der Waals surface area contributed by atoms with E-state index in [1.54, 1.807) is 0 Å². The molecule has 4 nitrogen and oxygen atoms in total. The largest absolute Gasteiger partial charge is 0.416 e. The Bertz CT molecular complexity index is 758. The molecule has 3 N–H and O–H groups in total. The summed E-state index contributed by atoms with van der Waals surface area (Å²) in [5.74, 6) is 0.211. The highest BCUT2D eigenvalue weighted by Gasteiger charge is 2.32. The van der Waals surface area contributed by atoms with E-state index in [9.17, 15) is 18.0 Å². The summed E-state index contributed by atoms with van der Waals surface area (Å²) in [6.45, 7) is 0.830. The van der Waals surface area contributed by atoms with Crippen LogP contribution in [0.2, 0.25) is 0 Å². The fraction of sp³-hybridized carbons (Fsp3) is 0.444. The van der Waals surface area contributed by atoms with E-state index in [2.05, 4.69) is 10.3 Å². The molecule has 1 heterocycles. The van der Waals surface area contributed by atoms with Crippen molar-refractivity contribution in [3.63, 3.8) is 0 Å². The average Bonchev–Trinajstić information content (AvgIpc) is 3.28. The van der Waals surface area contributed by atoms with Gasteiger partial charge in [-0.15, -0.1) is 11.3 Å². The van der Waals surface area contributed by atoms with Crippen molar-refractivity contribution in [1.29, 1.82) is 0 Å². The monoisotopic (exact) mass is 383 g/mol. The van der Waals surface area contributed by atoms with E-state index in [-0.39, 0.29) is 17.7 Å². The van der Waals surface area contributed by atoms with Gasteiger partial charge in [0.25, 0.3) is 0 Å². The van der Waals surface area contributed by atoms with E-state index in [0.717, 1.165) is 31.4 Å². The maximum absolute atomic E-state index is 12.6. The summed E-state index contributed by atoms with van der Waals surface area (Å²) >= 11 is 1.34. The Morgan fingerprint density at radius 3 is 2.65 bits per heavy atom. The molecule has 1 amide bonds. The van der Waals surface area contributed by atoms with Crippen LogP contribution in [0.1, 0.15) is 30.5 Å². The van der Waals surface area contributed by atoms with Gasteiger partial charge in [0.1, 0.15) is 5.01 Å². The predicted octanol–water partition coefficient (Wildman–Crippen LogP) is 3.82. The first-order valence-corrected chi connectivity index (χ1v) is 9.36. The molecule has 8 heteroatoms. The molecule has 0 saturated heterocycles. The SMILES string of the molecule is NC[C@H]1CCC[C@H]1C(=O)NCc1csc(-c2ccc(C(F)(F)F)cc2)n1. The fourth-order valence-electron chi connectivity index (χ4n) is 3.30. The van der Waals surface area contributed by atoms with Crippen LogP contribution in [0.4, 0.5) is 13.2 Å². The number of alkyl halides is 3. The molecule has 3 rings (SSSR count). The standard InChI is InChI=1S/C18H20F3N3OS/c19-18(20,21)13-6-4-11(5-7-13)17-24-14(10-26-17)9-23-16(25)15-3-1-2-12(15)8-22/h4-7,10,12,15H,1-3,8-9,22H2,(H,23,25)/t12-,15-/m1/s1. The van der Waals surface area contributed by atoms with Crippen LogP contribution in [0.5, 0.6) is 0 Å². The summed E-state index contributed by atoms with van der Waals surface area (Å²) in [6, 6.07) is 4.92. The van der Waals surface area contributed by atoms with Gasteiger partial charge in [0.2, 0.25) is 5.91 Å². The molecule has 1 aromatic heterocycles. The van der Waals surface area contributed by atoms with E-state index < -0.39 is 11.7 Å². The van der Waals surface area contributed by atoms with Gasteiger partial charge in [0.05, 0.1) is 17.8 Å². The van der Waals surface area contributed by atoms with Gasteiger partial charge in [-0.25, -0.2) is 4.98 Å². The molecule has 2 aromatic rings. The molecule has 0 unspecified atom stereocenters. The number of hydrogen-bond acceptors (Lipinski definition) is 4. The molecule has 1 aromatic carbocycles. The van der Waals surface area contributed by atoms with Crippen molar-refractivity contribution >= 4 is 17.2 Å². The molecule has 0 aliphatic heterocycles. The van der Waals surface area contributed by atoms with Crippen LogP contribution in [0.3, 0.4) is 0 Å². The molecular formula is C18H20F3N3OS. The molecule has 1 fully saturated rings. The number of nitrogens with one attached hydrogen (secondary N) is 1. The zero-order valence-corrected chi connectivity index (χ0v) is 14.9. The van der Waals surface area contributed by atoms with E-state index in [1.807, 2.05) is 5.38 Å². The first-order chi connectivity index (χ1) is 12.4. The predicted molar refractivity (Wildman–Crippen MR) is 94.3 cm³/mol. The van der Waals surface area contributed by atoms with Crippen molar-refractivity contribution < 1.29 is 18.0 Å². The molecule has 26 heavy (non-hydrogen) atoms. The van der Waals surface area contributed by atoms with Crippen LogP contribution in [0.15, 0.2) is 29.6 Å². The van der Waals surface area contributed by atoms with Crippen LogP contribution in [0.25, 0.3) is 10.6 Å². The van der Waals surface area contributed by atoms with E-state index in [0.29, 0.717) is 29.4 Å². The molecule has 0 bridgehead atoms. The number of carbonyl (C=O) groups is 1. The second-order valence-corrected chi connectivity index (χ2v) is 7.33. The van der Waals surface area contributed by atoms with E-state index in [1.165, 1.54) is 23.5 Å². The third kappa shape index (κ3) is 4.24. The molecular weight excluding hydrogens is 363 g/mol. The van der Waals surface area contributed by atoms with Crippen LogP contribution >= 0.6 is 11.3 Å². The van der Waals surface area contributed by atoms with Gasteiger partial charge in [0.15, 0.2) is 0 Å². The summed E-state index contributed by atoms with van der Waals surface area (Å²) < 4.78 is 37.9. The van der Waals surface area contributed by atoms with Crippen molar-refractivity contribution in [1.82, 2.24) is 10.3 Å². The minimum atomic E-state index is -4.35. The molecule has 0 radical (unpaired) electrons. The van der Waals surface area contributed by atoms with Crippen molar-refractivity contribution in [3.05, 3.63) is 40.9 Å². The Kier molecular flexibility index (Phi) is 5.62. The Morgan fingerprint density at radius 2 is 2.00 bits per heavy atom. The lowest BCUT2D eigenvalue weighted by Crippen LogP contribution is -2.34. The van der Waals surface area contributed by atoms with Crippen molar-refractivity contribution in [2.24, 2.45) is 17.6 Å². The smallest absolute Gasteiger partial charge is 0.350 e. The van der Waals surface area contributed by atoms with Crippen LogP contribution in [-0.2, 0) is 17.5 Å². The van der Waals surface area contributed by atoms with Gasteiger partial charge in [-0.2, -0.15) is 13.2 Å². The summed E-state index contributed by atoms with van der Waals surface area (Å²) in [7, 11) is 0. The minimum absolute atomic E-state index is 0.00188. The molecule has 1 aliphatic carbocycles. The highest BCUT2D eigenvalue weighted by molar-refractivity contribution is 7.13. The maximum atomic E-state index is 12.6. The zero-order chi connectivity index (χ0) is 18.7. The number of thiazole rings is 1. The van der Waals surface area contributed by atoms with E-state index in [4.69, 9.17) is 5.73 Å². The molecule has 0 spiro atoms. The number of carbonyl (C=O) groups excluding carboxylic acids is 1. The van der Waals surface area contributed by atoms with Crippen molar-refractivity contribution in [3.8, 4) is 10.6 Å². The number of benzene rings is 1. The molecule has 1 aliphatic rings. The van der Waals surface area contributed by atoms with E-state index >= 15 is 0 Å². The van der Waals surface area contributed by atoms with Crippen LogP contribution in [0, 0.1) is 11.8 Å². The second kappa shape index (κ2) is 7.75. The van der Waals surface area contributed by atoms with Gasteiger partial charge < -0.3 is 11.1 Å². The maximum Gasteiger partial charge on any atom is 0.416 e. The molecule has 140 valence electrons. The van der Waals surface area contributed by atoms with Gasteiger partial charge >= 0.3 is 6.18 Å². The summed E-state index contributed by atoms with van der Waals surface area (Å²) in [6.07, 6.45) is -1.47. The third-order valence-electron chi connectivity index (χ3n) is 4.75. The lowest BCUT2D eigenvalue weighted by molar-refractivity contribution is -0.137. The second-order valence-electron chi connectivity index (χ2n) is 6.47. The minimum Gasteiger partial charge on any atom is -0.350 e. The number of aromatic nitrogens is 1. The number of rotatable bonds is 5. The lowest BCUT2D eigenvalue weighted by atomic mass is 9.95. The summed E-state index contributed by atoms with van der Waals surface area (Å²) in [4.78, 5) is 16.7. The Morgan fingerprint density at radius 1 is 1.27 bits per heavy atom. The molecule has 2 atom stereocenters. The number of halogens is 3. The molecule has 1 saturated carbocycles. The highest BCUT2D eigenvalue weighted by atomic mass is 32.1. The Labute approximate surface area is 153 Å². The number of amides is 1. The van der Waals surface area contributed by atoms with Gasteiger partial charge in [0, 0.05) is 16.9 Å². The quantitative estimate of drug-likeness (QED) is 0.825. The Balaban J connectivity index is 1.60. The first kappa shape index (κ1) is 18.8. The van der Waals surface area contributed by atoms with Crippen LogP contribution < -0.4 is 11.1 Å². The van der Waals surface area contributed by atoms with Gasteiger partial charge in [-0.05, 0) is 37.4 Å². The topological polar surface area (TPSA) is 68.0 Å². The zero-order valence-electron chi connectivity index (χ0n) is 14.1.